The lowest BCUT2D eigenvalue weighted by molar-refractivity contribution is 0.235. The maximum atomic E-state index is 12.1. The molecule has 1 aromatic carbocycles. The summed E-state index contributed by atoms with van der Waals surface area (Å²) in [6.45, 7) is 7.36. The smallest absolute Gasteiger partial charge is 0.213 e. The number of nitrogens with zero attached hydrogens (tertiary/aromatic N) is 2. The van der Waals surface area contributed by atoms with Crippen molar-refractivity contribution in [2.75, 3.05) is 45.0 Å². The molecule has 2 rings (SSSR count). The Balaban J connectivity index is 0.00000392. The van der Waals surface area contributed by atoms with E-state index in [1.807, 2.05) is 37.3 Å². The van der Waals surface area contributed by atoms with Gasteiger partial charge in [-0.2, -0.15) is 0 Å². The van der Waals surface area contributed by atoms with Crippen molar-refractivity contribution in [1.82, 2.24) is 20.3 Å². The Bertz CT molecular complexity index is 664. The average Bonchev–Trinajstić information content (AvgIpc) is 2.68. The van der Waals surface area contributed by atoms with Gasteiger partial charge in [-0.05, 0) is 38.4 Å². The van der Waals surface area contributed by atoms with E-state index in [4.69, 9.17) is 0 Å². The monoisotopic (exact) mass is 523 g/mol. The van der Waals surface area contributed by atoms with Crippen LogP contribution in [0.2, 0.25) is 0 Å². The summed E-state index contributed by atoms with van der Waals surface area (Å²) in [6, 6.07) is 9.51. The molecule has 0 aromatic heterocycles. The second-order valence-electron chi connectivity index (χ2n) is 6.72. The molecular formula is C19H34IN5O2S. The van der Waals surface area contributed by atoms with Crippen LogP contribution in [-0.4, -0.2) is 64.3 Å². The van der Waals surface area contributed by atoms with Crippen LogP contribution in [0.1, 0.15) is 31.7 Å². The number of hydrogen-bond acceptors (Lipinski definition) is 4. The summed E-state index contributed by atoms with van der Waals surface area (Å²) in [5, 5.41) is 6.28. The molecule has 0 amide bonds. The lowest BCUT2D eigenvalue weighted by Gasteiger charge is -2.25. The highest BCUT2D eigenvalue weighted by Gasteiger charge is 2.11. The highest BCUT2D eigenvalue weighted by atomic mass is 127. The Morgan fingerprint density at radius 3 is 2.50 bits per heavy atom. The van der Waals surface area contributed by atoms with Crippen LogP contribution in [0.5, 0.6) is 0 Å². The summed E-state index contributed by atoms with van der Waals surface area (Å²) in [5.41, 5.74) is 0.946. The Morgan fingerprint density at radius 1 is 1.11 bits per heavy atom. The molecule has 1 aliphatic rings. The van der Waals surface area contributed by atoms with Gasteiger partial charge in [0.15, 0.2) is 5.96 Å². The molecule has 7 nitrogen and oxygen atoms in total. The predicted molar refractivity (Wildman–Crippen MR) is 127 cm³/mol. The van der Waals surface area contributed by atoms with E-state index in [0.717, 1.165) is 31.7 Å². The van der Waals surface area contributed by atoms with Gasteiger partial charge in [-0.25, -0.2) is 13.1 Å². The van der Waals surface area contributed by atoms with Crippen molar-refractivity contribution < 1.29 is 8.42 Å². The van der Waals surface area contributed by atoms with Gasteiger partial charge in [0.1, 0.15) is 0 Å². The lowest BCUT2D eigenvalue weighted by atomic mass is 10.1. The zero-order valence-electron chi connectivity index (χ0n) is 16.7. The van der Waals surface area contributed by atoms with Gasteiger partial charge in [0.05, 0.1) is 12.3 Å². The molecule has 0 unspecified atom stereocenters. The lowest BCUT2D eigenvalue weighted by Crippen LogP contribution is -2.41. The van der Waals surface area contributed by atoms with Gasteiger partial charge in [-0.15, -0.1) is 24.0 Å². The number of sulfonamides is 1. The van der Waals surface area contributed by atoms with Gasteiger partial charge in [-0.1, -0.05) is 36.8 Å². The van der Waals surface area contributed by atoms with Crippen molar-refractivity contribution in [3.05, 3.63) is 35.9 Å². The van der Waals surface area contributed by atoms with E-state index in [9.17, 15) is 8.42 Å². The van der Waals surface area contributed by atoms with Gasteiger partial charge < -0.3 is 15.5 Å². The van der Waals surface area contributed by atoms with Crippen molar-refractivity contribution in [3.8, 4) is 0 Å². The van der Waals surface area contributed by atoms with Crippen molar-refractivity contribution in [1.29, 1.82) is 0 Å². The van der Waals surface area contributed by atoms with E-state index in [1.165, 1.54) is 19.3 Å². The number of rotatable bonds is 10. The van der Waals surface area contributed by atoms with Gasteiger partial charge in [0.2, 0.25) is 10.0 Å². The summed E-state index contributed by atoms with van der Waals surface area (Å²) in [7, 11) is -3.33. The van der Waals surface area contributed by atoms with Crippen LogP contribution >= 0.6 is 24.0 Å². The molecule has 1 heterocycles. The largest absolute Gasteiger partial charge is 0.357 e. The standard InChI is InChI=1S/C19H33N5O2S.HI/c1-2-20-19(21-11-15-24-13-7-4-8-14-24)22-12-16-27(25,26)23-17-18-9-5-3-6-10-18;/h3,5-6,9-10,23H,2,4,7-8,11-17H2,1H3,(H2,20,21,22);1H. The zero-order valence-corrected chi connectivity index (χ0v) is 19.8. The third-order valence-electron chi connectivity index (χ3n) is 4.48. The second-order valence-corrected chi connectivity index (χ2v) is 8.64. The molecule has 3 N–H and O–H groups in total. The molecule has 0 atom stereocenters. The third-order valence-corrected chi connectivity index (χ3v) is 5.81. The summed E-state index contributed by atoms with van der Waals surface area (Å²) >= 11 is 0. The minimum absolute atomic E-state index is 0. The quantitative estimate of drug-likeness (QED) is 0.247. The van der Waals surface area contributed by atoms with Gasteiger partial charge in [0, 0.05) is 26.2 Å². The van der Waals surface area contributed by atoms with Crippen LogP contribution in [0.4, 0.5) is 0 Å². The first-order valence-electron chi connectivity index (χ1n) is 9.85. The molecule has 1 fully saturated rings. The van der Waals surface area contributed by atoms with Gasteiger partial charge in [0.25, 0.3) is 0 Å². The van der Waals surface area contributed by atoms with Crippen LogP contribution in [0, 0.1) is 0 Å². The molecular weight excluding hydrogens is 489 g/mol. The van der Waals surface area contributed by atoms with Crippen LogP contribution in [0.15, 0.2) is 35.3 Å². The molecule has 0 spiro atoms. The fraction of sp³-hybridized carbons (Fsp3) is 0.632. The Labute approximate surface area is 186 Å². The van der Waals surface area contributed by atoms with Crippen LogP contribution < -0.4 is 15.4 Å². The summed E-state index contributed by atoms with van der Waals surface area (Å²) in [5.74, 6) is 0.684. The Kier molecular flexibility index (Phi) is 12.7. The minimum Gasteiger partial charge on any atom is -0.357 e. The number of benzene rings is 1. The number of nitrogens with one attached hydrogen (secondary N) is 3. The van der Waals surface area contributed by atoms with Crippen LogP contribution in [0.3, 0.4) is 0 Å². The molecule has 0 bridgehead atoms. The summed E-state index contributed by atoms with van der Waals surface area (Å²) < 4.78 is 26.9. The van der Waals surface area contributed by atoms with E-state index < -0.39 is 10.0 Å². The van der Waals surface area contributed by atoms with Crippen LogP contribution in [-0.2, 0) is 16.6 Å². The molecule has 160 valence electrons. The van der Waals surface area contributed by atoms with Crippen molar-refractivity contribution in [2.45, 2.75) is 32.7 Å². The topological polar surface area (TPSA) is 85.8 Å². The fourth-order valence-electron chi connectivity index (χ4n) is 2.99. The first-order valence-corrected chi connectivity index (χ1v) is 11.5. The number of piperidine rings is 1. The van der Waals surface area contributed by atoms with Crippen molar-refractivity contribution in [2.24, 2.45) is 4.99 Å². The van der Waals surface area contributed by atoms with Gasteiger partial charge in [-0.3, -0.25) is 4.99 Å². The first kappa shape index (κ1) is 25.1. The van der Waals surface area contributed by atoms with E-state index >= 15 is 0 Å². The van der Waals surface area contributed by atoms with Crippen molar-refractivity contribution >= 4 is 40.0 Å². The average molecular weight is 523 g/mol. The zero-order chi connectivity index (χ0) is 19.4. The molecule has 9 heteroatoms. The maximum Gasteiger partial charge on any atom is 0.213 e. The molecule has 0 saturated carbocycles. The molecule has 1 aromatic rings. The normalized spacial score (nSPS) is 15.7. The van der Waals surface area contributed by atoms with E-state index in [1.54, 1.807) is 0 Å². The van der Waals surface area contributed by atoms with Crippen molar-refractivity contribution in [3.63, 3.8) is 0 Å². The SMILES string of the molecule is CCNC(=NCCN1CCCCC1)NCCS(=O)(=O)NCc1ccccc1.I. The molecule has 28 heavy (non-hydrogen) atoms. The number of likely N-dealkylation sites (tertiary alicyclic amines) is 1. The van der Waals surface area contributed by atoms with E-state index in [0.29, 0.717) is 25.6 Å². The van der Waals surface area contributed by atoms with Crippen LogP contribution in [0.25, 0.3) is 0 Å². The maximum absolute atomic E-state index is 12.1. The fourth-order valence-corrected chi connectivity index (χ4v) is 3.89. The first-order chi connectivity index (χ1) is 13.1. The van der Waals surface area contributed by atoms with E-state index in [-0.39, 0.29) is 29.7 Å². The third kappa shape index (κ3) is 10.6. The number of halogens is 1. The predicted octanol–water partition coefficient (Wildman–Crippen LogP) is 1.77. The van der Waals surface area contributed by atoms with Gasteiger partial charge >= 0.3 is 0 Å². The summed E-state index contributed by atoms with van der Waals surface area (Å²) in [6.07, 6.45) is 3.88. The number of aliphatic imine (C=N–C) groups is 1. The number of guanidine groups is 1. The summed E-state index contributed by atoms with van der Waals surface area (Å²) in [4.78, 5) is 7.00. The highest BCUT2D eigenvalue weighted by molar-refractivity contribution is 14.0. The minimum atomic E-state index is -3.33. The Morgan fingerprint density at radius 2 is 1.82 bits per heavy atom. The highest BCUT2D eigenvalue weighted by Crippen LogP contribution is 2.07. The molecule has 0 aliphatic carbocycles. The molecule has 1 saturated heterocycles. The Hall–Kier alpha value is -0.910. The number of hydrogen-bond donors (Lipinski definition) is 3. The van der Waals surface area contributed by atoms with E-state index in [2.05, 4.69) is 25.2 Å². The molecule has 0 radical (unpaired) electrons. The molecule has 1 aliphatic heterocycles. The second kappa shape index (κ2) is 14.1.